The molecule has 0 aliphatic carbocycles. The first kappa shape index (κ1) is 22.3. The van der Waals surface area contributed by atoms with Crippen molar-refractivity contribution in [2.75, 3.05) is 19.0 Å². The lowest BCUT2D eigenvalue weighted by molar-refractivity contribution is -0.138. The van der Waals surface area contributed by atoms with Crippen molar-refractivity contribution in [3.8, 4) is 0 Å². The van der Waals surface area contributed by atoms with E-state index in [-0.39, 0.29) is 11.9 Å². The Hall–Kier alpha value is -2.79. The van der Waals surface area contributed by atoms with Gasteiger partial charge in [0, 0.05) is 29.2 Å². The summed E-state index contributed by atoms with van der Waals surface area (Å²) in [5.41, 5.74) is 1.17. The third-order valence-electron chi connectivity index (χ3n) is 3.15. The summed E-state index contributed by atoms with van der Waals surface area (Å²) in [6.07, 6.45) is 3.10. The van der Waals surface area contributed by atoms with E-state index in [1.807, 2.05) is 60.7 Å². The molecule has 2 rings (SSSR count). The van der Waals surface area contributed by atoms with Gasteiger partial charge in [0.25, 0.3) is 0 Å². The van der Waals surface area contributed by atoms with Crippen LogP contribution in [-0.2, 0) is 25.5 Å². The monoisotopic (exact) mass is 384 g/mol. The summed E-state index contributed by atoms with van der Waals surface area (Å²) < 4.78 is 9.67. The minimum atomic E-state index is -0.365. The molecule has 0 amide bonds. The molecule has 0 unspecified atom stereocenters. The van der Waals surface area contributed by atoms with Crippen molar-refractivity contribution < 1.29 is 19.1 Å². The van der Waals surface area contributed by atoms with Gasteiger partial charge in [-0.1, -0.05) is 61.7 Å². The van der Waals surface area contributed by atoms with Gasteiger partial charge >= 0.3 is 11.9 Å². The molecule has 0 radical (unpaired) electrons. The molecule has 0 saturated carbocycles. The zero-order valence-corrected chi connectivity index (χ0v) is 16.0. The summed E-state index contributed by atoms with van der Waals surface area (Å²) in [5.74, 6) is 0.0402. The van der Waals surface area contributed by atoms with Gasteiger partial charge in [-0.25, -0.2) is 9.59 Å². The van der Waals surface area contributed by atoms with Gasteiger partial charge in [-0.2, -0.15) is 0 Å². The van der Waals surface area contributed by atoms with Crippen molar-refractivity contribution >= 4 is 23.7 Å². The number of carbonyl (C=O) groups is 2. The standard InChI is InChI=1S/C11H12O2S.C11H12O2/c1-2-11(12)13-8-9-14-10-6-4-3-5-7-10;1-2-11(12)13-9-8-10-6-4-3-5-7-10/h2-7H,1,8-9H2;2-7H,1,8-9H2. The van der Waals surface area contributed by atoms with Crippen LogP contribution in [0.3, 0.4) is 0 Å². The van der Waals surface area contributed by atoms with Gasteiger partial charge in [0.15, 0.2) is 0 Å². The van der Waals surface area contributed by atoms with E-state index in [0.717, 1.165) is 12.2 Å². The van der Waals surface area contributed by atoms with E-state index >= 15 is 0 Å². The molecule has 4 nitrogen and oxygen atoms in total. The summed E-state index contributed by atoms with van der Waals surface area (Å²) in [5, 5.41) is 0. The molecule has 5 heteroatoms. The number of rotatable bonds is 9. The van der Waals surface area contributed by atoms with Crippen molar-refractivity contribution in [2.45, 2.75) is 11.3 Å². The fraction of sp³-hybridized carbons (Fsp3) is 0.182. The molecule has 0 spiro atoms. The van der Waals surface area contributed by atoms with Crippen LogP contribution < -0.4 is 0 Å². The highest BCUT2D eigenvalue weighted by molar-refractivity contribution is 7.99. The van der Waals surface area contributed by atoms with E-state index in [4.69, 9.17) is 9.47 Å². The molecule has 0 heterocycles. The third kappa shape index (κ3) is 11.4. The Kier molecular flexibility index (Phi) is 11.9. The molecule has 0 aliphatic heterocycles. The first-order valence-corrected chi connectivity index (χ1v) is 9.44. The Morgan fingerprint density at radius 1 is 0.815 bits per heavy atom. The number of thioether (sulfide) groups is 1. The smallest absolute Gasteiger partial charge is 0.330 e. The lowest BCUT2D eigenvalue weighted by atomic mass is 10.2. The number of carbonyl (C=O) groups excluding carboxylic acids is 2. The van der Waals surface area contributed by atoms with Crippen molar-refractivity contribution in [1.82, 2.24) is 0 Å². The third-order valence-corrected chi connectivity index (χ3v) is 4.13. The quantitative estimate of drug-likeness (QED) is 0.276. The maximum absolute atomic E-state index is 10.7. The van der Waals surface area contributed by atoms with E-state index in [1.165, 1.54) is 22.6 Å². The molecule has 2 aromatic rings. The van der Waals surface area contributed by atoms with Gasteiger partial charge in [-0.15, -0.1) is 11.8 Å². The highest BCUT2D eigenvalue weighted by atomic mass is 32.2. The Bertz CT molecular complexity index is 699. The van der Waals surface area contributed by atoms with E-state index in [0.29, 0.717) is 13.2 Å². The topological polar surface area (TPSA) is 52.6 Å². The number of esters is 2. The maximum atomic E-state index is 10.7. The normalized spacial score (nSPS) is 9.33. The average molecular weight is 384 g/mol. The SMILES string of the molecule is C=CC(=O)OCCSc1ccccc1.C=CC(=O)OCCc1ccccc1. The lowest BCUT2D eigenvalue weighted by Gasteiger charge is -2.01. The Morgan fingerprint density at radius 3 is 1.89 bits per heavy atom. The molecule has 0 aromatic heterocycles. The van der Waals surface area contributed by atoms with Crippen LogP contribution in [0.2, 0.25) is 0 Å². The molecular weight excluding hydrogens is 360 g/mol. The van der Waals surface area contributed by atoms with E-state index in [1.54, 1.807) is 11.8 Å². The van der Waals surface area contributed by atoms with Gasteiger partial charge in [-0.3, -0.25) is 0 Å². The average Bonchev–Trinajstić information content (AvgIpc) is 2.73. The minimum absolute atomic E-state index is 0.362. The number of hydrogen-bond acceptors (Lipinski definition) is 5. The van der Waals surface area contributed by atoms with E-state index in [9.17, 15) is 9.59 Å². The van der Waals surface area contributed by atoms with Gasteiger partial charge < -0.3 is 9.47 Å². The highest BCUT2D eigenvalue weighted by Crippen LogP contribution is 2.16. The summed E-state index contributed by atoms with van der Waals surface area (Å²) in [7, 11) is 0. The molecule has 27 heavy (non-hydrogen) atoms. The molecule has 0 aliphatic rings. The fourth-order valence-corrected chi connectivity index (χ4v) is 2.60. The van der Waals surface area contributed by atoms with Crippen LogP contribution in [0, 0.1) is 0 Å². The summed E-state index contributed by atoms with van der Waals surface area (Å²) >= 11 is 1.66. The molecule has 2 aromatic carbocycles. The second kappa shape index (κ2) is 14.4. The Balaban J connectivity index is 0.000000271. The highest BCUT2D eigenvalue weighted by Gasteiger charge is 1.96. The molecule has 0 atom stereocenters. The zero-order chi connectivity index (χ0) is 19.7. The van der Waals surface area contributed by atoms with Crippen LogP contribution in [0.1, 0.15) is 5.56 Å². The predicted octanol–water partition coefficient (Wildman–Crippen LogP) is 4.47. The largest absolute Gasteiger partial charge is 0.462 e. The minimum Gasteiger partial charge on any atom is -0.462 e. The van der Waals surface area contributed by atoms with Crippen molar-refractivity contribution in [1.29, 1.82) is 0 Å². The van der Waals surface area contributed by atoms with Crippen molar-refractivity contribution in [3.63, 3.8) is 0 Å². The maximum Gasteiger partial charge on any atom is 0.330 e. The van der Waals surface area contributed by atoms with Crippen molar-refractivity contribution in [2.24, 2.45) is 0 Å². The molecular formula is C22H24O4S. The summed E-state index contributed by atoms with van der Waals surface area (Å²) in [4.78, 5) is 22.5. The predicted molar refractivity (Wildman–Crippen MR) is 110 cm³/mol. The molecule has 0 fully saturated rings. The molecule has 142 valence electrons. The van der Waals surface area contributed by atoms with Gasteiger partial charge in [0.2, 0.25) is 0 Å². The second-order valence-electron chi connectivity index (χ2n) is 5.14. The van der Waals surface area contributed by atoms with Crippen LogP contribution >= 0.6 is 11.8 Å². The fourth-order valence-electron chi connectivity index (χ4n) is 1.85. The van der Waals surface area contributed by atoms with E-state index in [2.05, 4.69) is 13.2 Å². The van der Waals surface area contributed by atoms with Gasteiger partial charge in [-0.05, 0) is 17.7 Å². The molecule has 0 bridgehead atoms. The molecule has 0 saturated heterocycles. The van der Waals surface area contributed by atoms with Gasteiger partial charge in [0.05, 0.1) is 6.61 Å². The van der Waals surface area contributed by atoms with Crippen LogP contribution in [0.5, 0.6) is 0 Å². The van der Waals surface area contributed by atoms with Gasteiger partial charge in [0.1, 0.15) is 6.61 Å². The summed E-state index contributed by atoms with van der Waals surface area (Å²) in [6, 6.07) is 19.9. The summed E-state index contributed by atoms with van der Waals surface area (Å²) in [6.45, 7) is 7.46. The lowest BCUT2D eigenvalue weighted by Crippen LogP contribution is -2.04. The van der Waals surface area contributed by atoms with Crippen LogP contribution in [0.25, 0.3) is 0 Å². The van der Waals surface area contributed by atoms with E-state index < -0.39 is 0 Å². The molecule has 0 N–H and O–H groups in total. The Labute approximate surface area is 164 Å². The number of ether oxygens (including phenoxy) is 2. The second-order valence-corrected chi connectivity index (χ2v) is 6.31. The van der Waals surface area contributed by atoms with Crippen molar-refractivity contribution in [3.05, 3.63) is 91.5 Å². The number of benzene rings is 2. The van der Waals surface area contributed by atoms with Crippen LogP contribution in [0.4, 0.5) is 0 Å². The Morgan fingerprint density at radius 2 is 1.33 bits per heavy atom. The first-order chi connectivity index (χ1) is 13.2. The zero-order valence-electron chi connectivity index (χ0n) is 15.2. The van der Waals surface area contributed by atoms with Crippen LogP contribution in [0.15, 0.2) is 90.9 Å². The number of hydrogen-bond donors (Lipinski definition) is 0. The van der Waals surface area contributed by atoms with Crippen LogP contribution in [-0.4, -0.2) is 30.9 Å². The first-order valence-electron chi connectivity index (χ1n) is 8.46.